The first-order chi connectivity index (χ1) is 17.0. The number of anilines is 2. The SMILES string of the molecule is Cc1ccc(NC(=O)N(C)C)cc1Cl.Cc1nn(-c2cc(NS(C)(=O)=O)c(Cl)cc2Cl)c(=O)n1C(F)F. The fraction of sp³-hybridized carbons (Fsp3) is 0.286. The minimum Gasteiger partial charge on any atom is -0.331 e. The van der Waals surface area contributed by atoms with Crippen molar-refractivity contribution in [1.29, 1.82) is 0 Å². The molecule has 0 bridgehead atoms. The fourth-order valence-electron chi connectivity index (χ4n) is 2.74. The van der Waals surface area contributed by atoms with E-state index >= 15 is 0 Å². The van der Waals surface area contributed by atoms with Crippen molar-refractivity contribution in [3.8, 4) is 5.69 Å². The number of urea groups is 1. The van der Waals surface area contributed by atoms with Gasteiger partial charge < -0.3 is 10.2 Å². The zero-order chi connectivity index (χ0) is 28.2. The van der Waals surface area contributed by atoms with Gasteiger partial charge in [0.2, 0.25) is 10.0 Å². The van der Waals surface area contributed by atoms with E-state index < -0.39 is 22.3 Å². The van der Waals surface area contributed by atoms with Gasteiger partial charge in [0, 0.05) is 24.8 Å². The summed E-state index contributed by atoms with van der Waals surface area (Å²) in [5, 5.41) is 6.99. The maximum atomic E-state index is 12.8. The van der Waals surface area contributed by atoms with Gasteiger partial charge in [-0.15, -0.1) is 5.10 Å². The number of nitrogens with zero attached hydrogens (tertiary/aromatic N) is 4. The highest BCUT2D eigenvalue weighted by Gasteiger charge is 2.21. The fourth-order valence-corrected chi connectivity index (χ4v) is 4.06. The molecule has 3 aromatic rings. The normalized spacial score (nSPS) is 11.1. The molecule has 2 N–H and O–H groups in total. The molecule has 0 aliphatic heterocycles. The first-order valence-electron chi connectivity index (χ1n) is 10.2. The van der Waals surface area contributed by atoms with E-state index in [4.69, 9.17) is 34.8 Å². The summed E-state index contributed by atoms with van der Waals surface area (Å²) < 4.78 is 51.3. The van der Waals surface area contributed by atoms with Crippen LogP contribution < -0.4 is 15.7 Å². The molecule has 10 nitrogen and oxygen atoms in total. The van der Waals surface area contributed by atoms with Gasteiger partial charge in [-0.25, -0.2) is 22.6 Å². The number of carbonyl (C=O) groups is 1. The van der Waals surface area contributed by atoms with Crippen LogP contribution in [0.15, 0.2) is 35.1 Å². The second-order valence-electron chi connectivity index (χ2n) is 7.84. The summed E-state index contributed by atoms with van der Waals surface area (Å²) in [4.78, 5) is 24.8. The Morgan fingerprint density at radius 1 is 1.05 bits per heavy atom. The highest BCUT2D eigenvalue weighted by Crippen LogP contribution is 2.31. The van der Waals surface area contributed by atoms with Gasteiger partial charge in [-0.2, -0.15) is 13.5 Å². The molecule has 0 saturated carbocycles. The van der Waals surface area contributed by atoms with Gasteiger partial charge in [0.1, 0.15) is 5.82 Å². The summed E-state index contributed by atoms with van der Waals surface area (Å²) in [6, 6.07) is 7.57. The van der Waals surface area contributed by atoms with Crippen LogP contribution in [0.3, 0.4) is 0 Å². The van der Waals surface area contributed by atoms with Crippen LogP contribution in [0.1, 0.15) is 17.9 Å². The molecule has 1 heterocycles. The van der Waals surface area contributed by atoms with Crippen molar-refractivity contribution >= 4 is 62.2 Å². The van der Waals surface area contributed by atoms with Crippen molar-refractivity contribution in [2.24, 2.45) is 0 Å². The van der Waals surface area contributed by atoms with Crippen LogP contribution in [-0.4, -0.2) is 54.0 Å². The molecule has 37 heavy (non-hydrogen) atoms. The van der Waals surface area contributed by atoms with Crippen molar-refractivity contribution < 1.29 is 22.0 Å². The van der Waals surface area contributed by atoms with E-state index in [9.17, 15) is 26.8 Å². The second-order valence-corrected chi connectivity index (χ2v) is 10.8. The van der Waals surface area contributed by atoms with E-state index in [0.29, 0.717) is 15.4 Å². The third-order valence-corrected chi connectivity index (χ3v) is 6.18. The van der Waals surface area contributed by atoms with E-state index in [-0.39, 0.29) is 37.8 Å². The van der Waals surface area contributed by atoms with E-state index in [0.717, 1.165) is 17.9 Å². The predicted molar refractivity (Wildman–Crippen MR) is 141 cm³/mol. The molecule has 0 aliphatic carbocycles. The Hall–Kier alpha value is -2.87. The van der Waals surface area contributed by atoms with Crippen molar-refractivity contribution in [3.63, 3.8) is 0 Å². The summed E-state index contributed by atoms with van der Waals surface area (Å²) in [5.74, 6) is -0.228. The molecule has 16 heteroatoms. The number of nitrogens with one attached hydrogen (secondary N) is 2. The number of alkyl halides is 2. The molecule has 0 atom stereocenters. The van der Waals surface area contributed by atoms with Gasteiger partial charge in [0.05, 0.1) is 27.7 Å². The van der Waals surface area contributed by atoms with Crippen LogP contribution >= 0.6 is 34.8 Å². The highest BCUT2D eigenvalue weighted by atomic mass is 35.5. The molecule has 0 aliphatic rings. The molecule has 0 saturated heterocycles. The summed E-state index contributed by atoms with van der Waals surface area (Å²) in [5.41, 5.74) is 0.431. The zero-order valence-corrected chi connectivity index (χ0v) is 23.3. The number of hydrogen-bond acceptors (Lipinski definition) is 5. The number of aryl methyl sites for hydroxylation is 2. The number of sulfonamides is 1. The number of carbonyl (C=O) groups excluding carboxylic acids is 1. The monoisotopic (exact) mass is 598 g/mol. The minimum atomic E-state index is -3.65. The largest absolute Gasteiger partial charge is 0.355 e. The van der Waals surface area contributed by atoms with Crippen LogP contribution in [0.25, 0.3) is 5.69 Å². The van der Waals surface area contributed by atoms with Crippen LogP contribution in [0.2, 0.25) is 15.1 Å². The molecule has 3 rings (SSSR count). The molecule has 0 fully saturated rings. The van der Waals surface area contributed by atoms with Crippen LogP contribution in [-0.2, 0) is 10.0 Å². The third kappa shape index (κ3) is 8.06. The maximum Gasteiger partial charge on any atom is 0.355 e. The number of amides is 2. The number of hydrogen-bond donors (Lipinski definition) is 2. The van der Waals surface area contributed by atoms with Crippen LogP contribution in [0.4, 0.5) is 25.0 Å². The van der Waals surface area contributed by atoms with E-state index in [1.165, 1.54) is 17.9 Å². The van der Waals surface area contributed by atoms with Gasteiger partial charge in [0.15, 0.2) is 0 Å². The molecule has 2 amide bonds. The van der Waals surface area contributed by atoms with Gasteiger partial charge in [-0.05, 0) is 43.7 Å². The summed E-state index contributed by atoms with van der Waals surface area (Å²) >= 11 is 17.8. The molecule has 0 spiro atoms. The maximum absolute atomic E-state index is 12.8. The minimum absolute atomic E-state index is 0.0257. The lowest BCUT2D eigenvalue weighted by Gasteiger charge is -2.12. The Labute approximate surface area is 226 Å². The van der Waals surface area contributed by atoms with Gasteiger partial charge in [-0.1, -0.05) is 40.9 Å². The smallest absolute Gasteiger partial charge is 0.331 e. The summed E-state index contributed by atoms with van der Waals surface area (Å²) in [6.45, 7) is 0.0691. The molecule has 202 valence electrons. The quantitative estimate of drug-likeness (QED) is 0.420. The van der Waals surface area contributed by atoms with E-state index in [1.807, 2.05) is 19.1 Å². The first kappa shape index (κ1) is 30.4. The Balaban J connectivity index is 0.000000294. The number of aromatic nitrogens is 3. The van der Waals surface area contributed by atoms with Gasteiger partial charge >= 0.3 is 18.3 Å². The average molecular weight is 600 g/mol. The van der Waals surface area contributed by atoms with Crippen molar-refractivity contribution in [2.45, 2.75) is 20.4 Å². The highest BCUT2D eigenvalue weighted by molar-refractivity contribution is 7.92. The molecule has 1 aromatic heterocycles. The lowest BCUT2D eigenvalue weighted by molar-refractivity contribution is 0.0640. The van der Waals surface area contributed by atoms with E-state index in [1.54, 1.807) is 20.2 Å². The molecule has 0 radical (unpaired) electrons. The van der Waals surface area contributed by atoms with Crippen molar-refractivity contribution in [3.05, 3.63) is 67.3 Å². The van der Waals surface area contributed by atoms with Gasteiger partial charge in [0.25, 0.3) is 0 Å². The molecule has 0 unspecified atom stereocenters. The third-order valence-electron chi connectivity index (χ3n) is 4.57. The Kier molecular flexibility index (Phi) is 9.94. The molecule has 2 aromatic carbocycles. The van der Waals surface area contributed by atoms with Crippen molar-refractivity contribution in [1.82, 2.24) is 19.2 Å². The lowest BCUT2D eigenvalue weighted by atomic mass is 10.2. The second kappa shape index (κ2) is 12.1. The van der Waals surface area contributed by atoms with Crippen molar-refractivity contribution in [2.75, 3.05) is 30.4 Å². The summed E-state index contributed by atoms with van der Waals surface area (Å²) in [7, 11) is -0.277. The number of benzene rings is 2. The zero-order valence-electron chi connectivity index (χ0n) is 20.2. The van der Waals surface area contributed by atoms with E-state index in [2.05, 4.69) is 15.1 Å². The predicted octanol–water partition coefficient (Wildman–Crippen LogP) is 5.16. The van der Waals surface area contributed by atoms with Gasteiger partial charge in [-0.3, -0.25) is 4.72 Å². The molecular formula is C21H23Cl3F2N6O4S. The Bertz CT molecular complexity index is 1480. The lowest BCUT2D eigenvalue weighted by Crippen LogP contribution is -2.27. The van der Waals surface area contributed by atoms with Crippen LogP contribution in [0.5, 0.6) is 0 Å². The number of halogens is 5. The topological polar surface area (TPSA) is 118 Å². The number of rotatable bonds is 5. The van der Waals surface area contributed by atoms with Crippen LogP contribution in [0, 0.1) is 13.8 Å². The standard InChI is InChI=1S/C11H10Cl2F2N4O3S.C10H13ClN2O/c1-5-16-19(11(20)18(5)10(14)15)9-4-8(17-23(2,21)22)6(12)3-7(9)13;1-7-4-5-8(6-9(7)11)12-10(14)13(2)3/h3-4,10,17H,1-2H3;4-6H,1-3H3,(H,12,14). The Morgan fingerprint density at radius 2 is 1.68 bits per heavy atom. The average Bonchev–Trinajstić information content (AvgIpc) is 3.06. The summed E-state index contributed by atoms with van der Waals surface area (Å²) in [6.07, 6.45) is 0.902. The Morgan fingerprint density at radius 3 is 2.16 bits per heavy atom. The molecular weight excluding hydrogens is 577 g/mol. The first-order valence-corrected chi connectivity index (χ1v) is 13.2.